The second kappa shape index (κ2) is 12.4. The Kier molecular flexibility index (Phi) is 8.83. The maximum atomic E-state index is 13.8. The quantitative estimate of drug-likeness (QED) is 0.399. The molecule has 1 heterocycles. The average Bonchev–Trinajstić information content (AvgIpc) is 3.36. The molecule has 0 saturated carbocycles. The molecule has 0 saturated heterocycles. The second-order valence-corrected chi connectivity index (χ2v) is 10.0. The van der Waals surface area contributed by atoms with Gasteiger partial charge in [-0.05, 0) is 48.1 Å². The zero-order valence-electron chi connectivity index (χ0n) is 21.9. The molecule has 1 aliphatic heterocycles. The molecular formula is C31H36N2O4. The SMILES string of the molecule is Cc1cccc(CN(C(=O)CCc2ccc3c(c2)OCO3)C(Cc2ccccc2)C(=O)NCC(C)C)c1. The molecule has 0 aliphatic carbocycles. The van der Waals surface area contributed by atoms with Crippen molar-refractivity contribution in [3.63, 3.8) is 0 Å². The molecule has 0 fully saturated rings. The summed E-state index contributed by atoms with van der Waals surface area (Å²) in [5.41, 5.74) is 4.14. The van der Waals surface area contributed by atoms with Crippen molar-refractivity contribution in [3.05, 3.63) is 95.1 Å². The number of benzene rings is 3. The van der Waals surface area contributed by atoms with Crippen LogP contribution >= 0.6 is 0 Å². The van der Waals surface area contributed by atoms with Gasteiger partial charge in [0.15, 0.2) is 11.5 Å². The highest BCUT2D eigenvalue weighted by atomic mass is 16.7. The fourth-order valence-electron chi connectivity index (χ4n) is 4.48. The van der Waals surface area contributed by atoms with E-state index in [4.69, 9.17) is 9.47 Å². The summed E-state index contributed by atoms with van der Waals surface area (Å²) in [6, 6.07) is 23.1. The maximum absolute atomic E-state index is 13.8. The van der Waals surface area contributed by atoms with Crippen LogP contribution in [0.5, 0.6) is 11.5 Å². The van der Waals surface area contributed by atoms with Crippen LogP contribution in [-0.4, -0.2) is 36.1 Å². The Morgan fingerprint density at radius 3 is 2.41 bits per heavy atom. The molecule has 4 rings (SSSR count). The van der Waals surface area contributed by atoms with Crippen LogP contribution in [0.4, 0.5) is 0 Å². The Morgan fingerprint density at radius 2 is 1.65 bits per heavy atom. The van der Waals surface area contributed by atoms with Gasteiger partial charge in [-0.15, -0.1) is 0 Å². The van der Waals surface area contributed by atoms with Crippen LogP contribution in [0.15, 0.2) is 72.8 Å². The van der Waals surface area contributed by atoms with E-state index in [2.05, 4.69) is 25.2 Å². The van der Waals surface area contributed by atoms with Gasteiger partial charge in [0.1, 0.15) is 6.04 Å². The number of rotatable bonds is 11. The Bertz CT molecular complexity index is 1210. The van der Waals surface area contributed by atoms with Crippen LogP contribution in [0.25, 0.3) is 0 Å². The molecular weight excluding hydrogens is 464 g/mol. The third-order valence-corrected chi connectivity index (χ3v) is 6.46. The third-order valence-electron chi connectivity index (χ3n) is 6.46. The molecule has 37 heavy (non-hydrogen) atoms. The Morgan fingerprint density at radius 1 is 0.892 bits per heavy atom. The van der Waals surface area contributed by atoms with E-state index >= 15 is 0 Å². The molecule has 0 aromatic heterocycles. The molecule has 1 aliphatic rings. The summed E-state index contributed by atoms with van der Waals surface area (Å²) >= 11 is 0. The number of carbonyl (C=O) groups excluding carboxylic acids is 2. The first-order chi connectivity index (χ1) is 17.9. The van der Waals surface area contributed by atoms with Gasteiger partial charge >= 0.3 is 0 Å². The number of carbonyl (C=O) groups is 2. The van der Waals surface area contributed by atoms with Gasteiger partial charge in [0.2, 0.25) is 18.6 Å². The number of hydrogen-bond donors (Lipinski definition) is 1. The van der Waals surface area contributed by atoms with Crippen LogP contribution in [0.3, 0.4) is 0 Å². The molecule has 6 nitrogen and oxygen atoms in total. The van der Waals surface area contributed by atoms with E-state index < -0.39 is 6.04 Å². The number of fused-ring (bicyclic) bond motifs is 1. The molecule has 1 unspecified atom stereocenters. The van der Waals surface area contributed by atoms with Crippen molar-refractivity contribution in [2.45, 2.75) is 52.6 Å². The zero-order valence-corrected chi connectivity index (χ0v) is 21.9. The van der Waals surface area contributed by atoms with E-state index in [0.29, 0.717) is 37.6 Å². The van der Waals surface area contributed by atoms with Gasteiger partial charge in [-0.2, -0.15) is 0 Å². The minimum absolute atomic E-state index is 0.0557. The van der Waals surface area contributed by atoms with E-state index in [0.717, 1.165) is 28.0 Å². The molecule has 1 N–H and O–H groups in total. The van der Waals surface area contributed by atoms with Gasteiger partial charge in [-0.3, -0.25) is 9.59 Å². The number of amides is 2. The lowest BCUT2D eigenvalue weighted by Gasteiger charge is -2.32. The Labute approximate surface area is 219 Å². The molecule has 3 aromatic carbocycles. The van der Waals surface area contributed by atoms with E-state index in [1.807, 2.05) is 73.7 Å². The highest BCUT2D eigenvalue weighted by molar-refractivity contribution is 5.88. The summed E-state index contributed by atoms with van der Waals surface area (Å²) in [4.78, 5) is 29.1. The minimum atomic E-state index is -0.620. The first-order valence-electron chi connectivity index (χ1n) is 12.9. The largest absolute Gasteiger partial charge is 0.454 e. The monoisotopic (exact) mass is 500 g/mol. The van der Waals surface area contributed by atoms with Crippen molar-refractivity contribution in [1.82, 2.24) is 10.2 Å². The highest BCUT2D eigenvalue weighted by Gasteiger charge is 2.30. The fraction of sp³-hybridized carbons (Fsp3) is 0.355. The molecule has 0 spiro atoms. The number of aryl methyl sites for hydroxylation is 2. The first-order valence-corrected chi connectivity index (χ1v) is 12.9. The minimum Gasteiger partial charge on any atom is -0.454 e. The Balaban J connectivity index is 1.59. The molecule has 194 valence electrons. The van der Waals surface area contributed by atoms with Crippen LogP contribution in [0.2, 0.25) is 0 Å². The van der Waals surface area contributed by atoms with E-state index in [1.165, 1.54) is 0 Å². The van der Waals surface area contributed by atoms with Gasteiger partial charge in [0, 0.05) is 25.9 Å². The normalized spacial score (nSPS) is 12.9. The topological polar surface area (TPSA) is 67.9 Å². The van der Waals surface area contributed by atoms with E-state index in [1.54, 1.807) is 4.90 Å². The number of nitrogens with one attached hydrogen (secondary N) is 1. The van der Waals surface area contributed by atoms with Crippen molar-refractivity contribution in [3.8, 4) is 11.5 Å². The predicted octanol–water partition coefficient (Wildman–Crippen LogP) is 5.07. The molecule has 0 radical (unpaired) electrons. The highest BCUT2D eigenvalue weighted by Crippen LogP contribution is 2.33. The maximum Gasteiger partial charge on any atom is 0.243 e. The van der Waals surface area contributed by atoms with Crippen molar-refractivity contribution in [1.29, 1.82) is 0 Å². The predicted molar refractivity (Wildman–Crippen MR) is 144 cm³/mol. The van der Waals surface area contributed by atoms with Crippen LogP contribution < -0.4 is 14.8 Å². The number of nitrogens with zero attached hydrogens (tertiary/aromatic N) is 1. The summed E-state index contributed by atoms with van der Waals surface area (Å²) in [6.07, 6.45) is 1.28. The van der Waals surface area contributed by atoms with Crippen LogP contribution in [-0.2, 0) is 29.0 Å². The van der Waals surface area contributed by atoms with Gasteiger partial charge < -0.3 is 19.7 Å². The van der Waals surface area contributed by atoms with Gasteiger partial charge in [0.25, 0.3) is 0 Å². The van der Waals surface area contributed by atoms with Gasteiger partial charge in [-0.25, -0.2) is 0 Å². The van der Waals surface area contributed by atoms with E-state index in [-0.39, 0.29) is 25.0 Å². The molecule has 1 atom stereocenters. The molecule has 2 amide bonds. The summed E-state index contributed by atoms with van der Waals surface area (Å²) in [5, 5.41) is 3.07. The lowest BCUT2D eigenvalue weighted by Crippen LogP contribution is -2.51. The smallest absolute Gasteiger partial charge is 0.243 e. The number of ether oxygens (including phenoxy) is 2. The molecule has 6 heteroatoms. The van der Waals surface area contributed by atoms with Crippen molar-refractivity contribution in [2.75, 3.05) is 13.3 Å². The van der Waals surface area contributed by atoms with Crippen molar-refractivity contribution >= 4 is 11.8 Å². The van der Waals surface area contributed by atoms with Gasteiger partial charge in [0.05, 0.1) is 0 Å². The summed E-state index contributed by atoms with van der Waals surface area (Å²) in [5.74, 6) is 1.56. The zero-order chi connectivity index (χ0) is 26.2. The first kappa shape index (κ1) is 26.3. The fourth-order valence-corrected chi connectivity index (χ4v) is 4.48. The third kappa shape index (κ3) is 7.35. The van der Waals surface area contributed by atoms with Crippen molar-refractivity contribution in [2.24, 2.45) is 5.92 Å². The van der Waals surface area contributed by atoms with Crippen molar-refractivity contribution < 1.29 is 19.1 Å². The lowest BCUT2D eigenvalue weighted by molar-refractivity contribution is -0.141. The Hall–Kier alpha value is -3.80. The van der Waals surface area contributed by atoms with Crippen LogP contribution in [0, 0.1) is 12.8 Å². The average molecular weight is 501 g/mol. The molecule has 3 aromatic rings. The van der Waals surface area contributed by atoms with E-state index in [9.17, 15) is 9.59 Å². The summed E-state index contributed by atoms with van der Waals surface area (Å²) in [6.45, 7) is 7.31. The second-order valence-electron chi connectivity index (χ2n) is 10.0. The van der Waals surface area contributed by atoms with Crippen LogP contribution in [0.1, 0.15) is 42.5 Å². The number of hydrogen-bond acceptors (Lipinski definition) is 4. The molecule has 0 bridgehead atoms. The van der Waals surface area contributed by atoms with Gasteiger partial charge in [-0.1, -0.05) is 80.1 Å². The summed E-state index contributed by atoms with van der Waals surface area (Å²) < 4.78 is 10.9. The summed E-state index contributed by atoms with van der Waals surface area (Å²) in [7, 11) is 0. The standard InChI is InChI=1S/C31H36N2O4/c1-22(2)19-32-31(35)27(17-24-9-5-4-6-10-24)33(20-26-11-7-8-23(3)16-26)30(34)15-13-25-12-14-28-29(18-25)37-21-36-28/h4-12,14,16,18,22,27H,13,15,17,19-21H2,1-3H3,(H,32,35). The lowest BCUT2D eigenvalue weighted by atomic mass is 10.0.